The van der Waals surface area contributed by atoms with E-state index in [-0.39, 0.29) is 21.8 Å². The molecule has 2 rings (SSSR count). The SMILES string of the molecule is COc1ccc(C(=O)OC(C)c2ccc(F)cc2F)cc1S(N)(=O)=O. The number of hydrogen-bond acceptors (Lipinski definition) is 5. The molecule has 9 heteroatoms. The van der Waals surface area contributed by atoms with Gasteiger partial charge in [-0.1, -0.05) is 0 Å². The molecule has 0 spiro atoms. The van der Waals surface area contributed by atoms with Gasteiger partial charge in [-0.25, -0.2) is 27.1 Å². The summed E-state index contributed by atoms with van der Waals surface area (Å²) in [5.41, 5.74) is -0.130. The zero-order valence-electron chi connectivity index (χ0n) is 13.3. The van der Waals surface area contributed by atoms with Crippen molar-refractivity contribution >= 4 is 16.0 Å². The van der Waals surface area contributed by atoms with Crippen molar-refractivity contribution in [2.24, 2.45) is 5.14 Å². The molecule has 0 aliphatic carbocycles. The van der Waals surface area contributed by atoms with Crippen molar-refractivity contribution in [2.45, 2.75) is 17.9 Å². The highest BCUT2D eigenvalue weighted by molar-refractivity contribution is 7.89. The van der Waals surface area contributed by atoms with Gasteiger partial charge in [-0.15, -0.1) is 0 Å². The lowest BCUT2D eigenvalue weighted by Crippen LogP contribution is -2.16. The average Bonchev–Trinajstić information content (AvgIpc) is 2.53. The predicted octanol–water partition coefficient (Wildman–Crippen LogP) is 2.54. The first-order valence-corrected chi connectivity index (χ1v) is 8.55. The van der Waals surface area contributed by atoms with E-state index in [1.54, 1.807) is 0 Å². The molecule has 0 amide bonds. The first kappa shape index (κ1) is 18.8. The second-order valence-electron chi connectivity index (χ2n) is 5.12. The molecule has 0 saturated carbocycles. The number of ether oxygens (including phenoxy) is 2. The Labute approximate surface area is 143 Å². The number of nitrogens with two attached hydrogens (primary N) is 1. The molecule has 2 N–H and O–H groups in total. The molecule has 6 nitrogen and oxygen atoms in total. The number of halogens is 2. The Morgan fingerprint density at radius 1 is 1.16 bits per heavy atom. The van der Waals surface area contributed by atoms with Crippen LogP contribution in [0.2, 0.25) is 0 Å². The van der Waals surface area contributed by atoms with Gasteiger partial charge in [0.15, 0.2) is 0 Å². The van der Waals surface area contributed by atoms with E-state index in [1.165, 1.54) is 26.2 Å². The van der Waals surface area contributed by atoms with Crippen LogP contribution in [-0.4, -0.2) is 21.5 Å². The van der Waals surface area contributed by atoms with E-state index >= 15 is 0 Å². The molecule has 25 heavy (non-hydrogen) atoms. The third-order valence-corrected chi connectivity index (χ3v) is 4.32. The highest BCUT2D eigenvalue weighted by Gasteiger charge is 2.21. The number of primary sulfonamides is 1. The van der Waals surface area contributed by atoms with Gasteiger partial charge >= 0.3 is 5.97 Å². The number of sulfonamides is 1. The first-order chi connectivity index (χ1) is 11.6. The molecular weight excluding hydrogens is 356 g/mol. The Morgan fingerprint density at radius 3 is 2.40 bits per heavy atom. The number of carbonyl (C=O) groups excluding carboxylic acids is 1. The summed E-state index contributed by atoms with van der Waals surface area (Å²) in [7, 11) is -2.88. The lowest BCUT2D eigenvalue weighted by atomic mass is 10.1. The number of carbonyl (C=O) groups is 1. The number of rotatable bonds is 5. The summed E-state index contributed by atoms with van der Waals surface area (Å²) in [6.45, 7) is 1.40. The minimum Gasteiger partial charge on any atom is -0.495 e. The fourth-order valence-corrected chi connectivity index (χ4v) is 2.87. The summed E-state index contributed by atoms with van der Waals surface area (Å²) in [5.74, 6) is -2.55. The highest BCUT2D eigenvalue weighted by Crippen LogP contribution is 2.26. The molecule has 134 valence electrons. The standard InChI is InChI=1S/C16H15F2NO5S/c1-9(12-5-4-11(17)8-13(12)18)24-16(20)10-3-6-14(23-2)15(7-10)25(19,21)22/h3-9H,1-2H3,(H2,19,21,22). The Balaban J connectivity index is 2.29. The van der Waals surface area contributed by atoms with Crippen molar-refractivity contribution in [3.05, 3.63) is 59.2 Å². The third-order valence-electron chi connectivity index (χ3n) is 3.39. The van der Waals surface area contributed by atoms with Crippen LogP contribution in [0.3, 0.4) is 0 Å². The van der Waals surface area contributed by atoms with E-state index in [2.05, 4.69) is 0 Å². The zero-order chi connectivity index (χ0) is 18.8. The topological polar surface area (TPSA) is 95.7 Å². The first-order valence-electron chi connectivity index (χ1n) is 7.00. The Bertz CT molecular complexity index is 915. The maximum atomic E-state index is 13.7. The molecule has 1 unspecified atom stereocenters. The number of esters is 1. The fourth-order valence-electron chi connectivity index (χ4n) is 2.15. The van der Waals surface area contributed by atoms with Crippen molar-refractivity contribution in [1.29, 1.82) is 0 Å². The lowest BCUT2D eigenvalue weighted by Gasteiger charge is -2.15. The van der Waals surface area contributed by atoms with Gasteiger partial charge in [0.2, 0.25) is 10.0 Å². The van der Waals surface area contributed by atoms with Crippen LogP contribution in [0.25, 0.3) is 0 Å². The second kappa shape index (κ2) is 7.16. The summed E-state index contributed by atoms with van der Waals surface area (Å²) >= 11 is 0. The smallest absolute Gasteiger partial charge is 0.338 e. The summed E-state index contributed by atoms with van der Waals surface area (Å²) in [5, 5.41) is 5.08. The molecule has 0 fully saturated rings. The Hall–Kier alpha value is -2.52. The molecule has 0 saturated heterocycles. The van der Waals surface area contributed by atoms with E-state index < -0.39 is 33.7 Å². The molecular formula is C16H15F2NO5S. The van der Waals surface area contributed by atoms with E-state index in [0.29, 0.717) is 6.07 Å². The van der Waals surface area contributed by atoms with Gasteiger partial charge in [-0.05, 0) is 37.3 Å². The van der Waals surface area contributed by atoms with Gasteiger partial charge in [0, 0.05) is 11.6 Å². The molecule has 0 radical (unpaired) electrons. The minimum atomic E-state index is -4.13. The van der Waals surface area contributed by atoms with Gasteiger partial charge in [-0.2, -0.15) is 0 Å². The predicted molar refractivity (Wildman–Crippen MR) is 84.6 cm³/mol. The van der Waals surface area contributed by atoms with E-state index in [9.17, 15) is 22.0 Å². The minimum absolute atomic E-state index is 0.0186. The van der Waals surface area contributed by atoms with Crippen LogP contribution in [0, 0.1) is 11.6 Å². The molecule has 0 aliphatic rings. The summed E-state index contributed by atoms with van der Waals surface area (Å²) < 4.78 is 59.8. The molecule has 0 aromatic heterocycles. The lowest BCUT2D eigenvalue weighted by molar-refractivity contribution is 0.0331. The molecule has 2 aromatic rings. The fraction of sp³-hybridized carbons (Fsp3) is 0.188. The van der Waals surface area contributed by atoms with Crippen LogP contribution in [0.15, 0.2) is 41.3 Å². The Kier molecular flexibility index (Phi) is 5.39. The molecule has 0 aliphatic heterocycles. The summed E-state index contributed by atoms with van der Waals surface area (Å²) in [6, 6.07) is 6.40. The molecule has 0 bridgehead atoms. The van der Waals surface area contributed by atoms with Crippen LogP contribution in [0.1, 0.15) is 28.9 Å². The number of methoxy groups -OCH3 is 1. The molecule has 0 heterocycles. The third kappa shape index (κ3) is 4.31. The largest absolute Gasteiger partial charge is 0.495 e. The van der Waals surface area contributed by atoms with E-state index in [0.717, 1.165) is 18.2 Å². The van der Waals surface area contributed by atoms with Gasteiger partial charge < -0.3 is 9.47 Å². The van der Waals surface area contributed by atoms with Crippen molar-refractivity contribution in [3.8, 4) is 5.75 Å². The van der Waals surface area contributed by atoms with Gasteiger partial charge in [0.05, 0.1) is 12.7 Å². The van der Waals surface area contributed by atoms with Crippen molar-refractivity contribution in [3.63, 3.8) is 0 Å². The van der Waals surface area contributed by atoms with Crippen molar-refractivity contribution < 1.29 is 31.5 Å². The number of hydrogen-bond donors (Lipinski definition) is 1. The van der Waals surface area contributed by atoms with Gasteiger partial charge in [-0.3, -0.25) is 0 Å². The molecule has 2 aromatic carbocycles. The van der Waals surface area contributed by atoms with Crippen molar-refractivity contribution in [2.75, 3.05) is 7.11 Å². The van der Waals surface area contributed by atoms with Crippen molar-refractivity contribution in [1.82, 2.24) is 0 Å². The summed E-state index contributed by atoms with van der Waals surface area (Å²) in [4.78, 5) is 11.8. The van der Waals surface area contributed by atoms with Crippen LogP contribution >= 0.6 is 0 Å². The molecule has 1 atom stereocenters. The number of benzene rings is 2. The Morgan fingerprint density at radius 2 is 1.84 bits per heavy atom. The monoisotopic (exact) mass is 371 g/mol. The van der Waals surface area contributed by atoms with E-state index in [1.807, 2.05) is 0 Å². The normalized spacial score (nSPS) is 12.5. The van der Waals surface area contributed by atoms with Crippen LogP contribution < -0.4 is 9.88 Å². The second-order valence-corrected chi connectivity index (χ2v) is 6.65. The zero-order valence-corrected chi connectivity index (χ0v) is 14.1. The highest BCUT2D eigenvalue weighted by atomic mass is 32.2. The van der Waals surface area contributed by atoms with E-state index in [4.69, 9.17) is 14.6 Å². The van der Waals surface area contributed by atoms with Gasteiger partial charge in [0.25, 0.3) is 0 Å². The van der Waals surface area contributed by atoms with Crippen LogP contribution in [-0.2, 0) is 14.8 Å². The maximum absolute atomic E-state index is 13.7. The quantitative estimate of drug-likeness (QED) is 0.815. The summed E-state index contributed by atoms with van der Waals surface area (Å²) in [6.07, 6.45) is -1.02. The maximum Gasteiger partial charge on any atom is 0.338 e. The van der Waals surface area contributed by atoms with Crippen LogP contribution in [0.5, 0.6) is 5.75 Å². The van der Waals surface area contributed by atoms with Crippen LogP contribution in [0.4, 0.5) is 8.78 Å². The van der Waals surface area contributed by atoms with Gasteiger partial charge in [0.1, 0.15) is 28.4 Å². The average molecular weight is 371 g/mol.